The fourth-order valence-corrected chi connectivity index (χ4v) is 5.73. The first-order valence-corrected chi connectivity index (χ1v) is 8.90. The van der Waals surface area contributed by atoms with E-state index in [0.29, 0.717) is 12.0 Å². The van der Waals surface area contributed by atoms with Crippen LogP contribution in [0.2, 0.25) is 0 Å². The molecule has 3 aliphatic rings. The molecule has 0 spiro atoms. The number of quaternary nitrogens is 1. The molecule has 120 valence electrons. The molecular weight excluding hydrogens is 284 g/mol. The number of fused-ring (bicyclic) bond motifs is 4. The van der Waals surface area contributed by atoms with Crippen LogP contribution in [0.5, 0.6) is 0 Å². The molecule has 1 saturated heterocycles. The Kier molecular flexibility index (Phi) is 2.70. The van der Waals surface area contributed by atoms with Crippen molar-refractivity contribution < 1.29 is 9.59 Å². The number of hydrogen-bond donors (Lipinski definition) is 1. The van der Waals surface area contributed by atoms with Gasteiger partial charge in [-0.05, 0) is 24.1 Å². The zero-order valence-electron chi connectivity index (χ0n) is 14.0. The van der Waals surface area contributed by atoms with Crippen molar-refractivity contribution in [2.45, 2.75) is 31.8 Å². The number of aromatic nitrogens is 1. The second-order valence-electron chi connectivity index (χ2n) is 7.83. The minimum Gasteiger partial charge on any atom is -0.394 e. The molecule has 0 saturated carbocycles. The highest BCUT2D eigenvalue weighted by Gasteiger charge is 2.53. The molecule has 1 aromatic heterocycles. The highest BCUT2D eigenvalue weighted by atomic mass is 16.3. The molecule has 4 heterocycles. The number of piperidine rings is 1. The van der Waals surface area contributed by atoms with Gasteiger partial charge in [0.25, 0.3) is 0 Å². The molecule has 23 heavy (non-hydrogen) atoms. The predicted octanol–water partition coefficient (Wildman–Crippen LogP) is 3.20. The van der Waals surface area contributed by atoms with Crippen LogP contribution >= 0.6 is 0 Å². The topological polar surface area (TPSA) is 25.2 Å². The van der Waals surface area contributed by atoms with E-state index in [9.17, 15) is 5.11 Å². The van der Waals surface area contributed by atoms with Gasteiger partial charge in [-0.15, -0.1) is 0 Å². The van der Waals surface area contributed by atoms with E-state index in [0.717, 1.165) is 17.4 Å². The summed E-state index contributed by atoms with van der Waals surface area (Å²) in [7, 11) is 2.44. The molecule has 4 atom stereocenters. The number of nitrogens with zero attached hydrogens (tertiary/aromatic N) is 2. The Morgan fingerprint density at radius 2 is 2.17 bits per heavy atom. The van der Waals surface area contributed by atoms with Gasteiger partial charge in [-0.2, -0.15) is 0 Å². The van der Waals surface area contributed by atoms with Gasteiger partial charge in [-0.3, -0.25) is 0 Å². The number of aliphatic hydroxyl groups excluding tert-OH is 1. The third-order valence-electron chi connectivity index (χ3n) is 6.85. The summed E-state index contributed by atoms with van der Waals surface area (Å²) < 4.78 is 3.67. The van der Waals surface area contributed by atoms with Gasteiger partial charge in [0.15, 0.2) is 0 Å². The highest BCUT2D eigenvalue weighted by Crippen LogP contribution is 2.55. The molecular formula is C20H25N2O+. The summed E-state index contributed by atoms with van der Waals surface area (Å²) >= 11 is 0. The molecule has 1 N–H and O–H groups in total. The zero-order valence-corrected chi connectivity index (χ0v) is 14.0. The molecule has 3 heteroatoms. The van der Waals surface area contributed by atoms with Gasteiger partial charge in [0.2, 0.25) is 0 Å². The number of rotatable bonds is 1. The van der Waals surface area contributed by atoms with Gasteiger partial charge < -0.3 is 14.2 Å². The Morgan fingerprint density at radius 1 is 1.35 bits per heavy atom. The Balaban J connectivity index is 1.88. The first kappa shape index (κ1) is 13.8. The van der Waals surface area contributed by atoms with Crippen molar-refractivity contribution in [3.8, 4) is 0 Å². The Labute approximate surface area is 137 Å². The van der Waals surface area contributed by atoms with E-state index >= 15 is 0 Å². The summed E-state index contributed by atoms with van der Waals surface area (Å²) in [5.41, 5.74) is 5.97. The summed E-state index contributed by atoms with van der Waals surface area (Å²) in [6, 6.07) is 9.63. The van der Waals surface area contributed by atoms with E-state index in [1.54, 1.807) is 11.1 Å². The lowest BCUT2D eigenvalue weighted by molar-refractivity contribution is -0.943. The number of likely N-dealkylation sites (N-methyl/N-ethyl adjacent to an activating group) is 1. The molecule has 0 aliphatic carbocycles. The third kappa shape index (κ3) is 1.57. The summed E-state index contributed by atoms with van der Waals surface area (Å²) in [5, 5.41) is 11.6. The average molecular weight is 309 g/mol. The lowest BCUT2D eigenvalue weighted by atomic mass is 9.74. The van der Waals surface area contributed by atoms with Crippen molar-refractivity contribution in [1.82, 2.24) is 4.57 Å². The van der Waals surface area contributed by atoms with E-state index < -0.39 is 0 Å². The second-order valence-corrected chi connectivity index (χ2v) is 7.83. The van der Waals surface area contributed by atoms with Gasteiger partial charge in [-0.1, -0.05) is 24.3 Å². The molecule has 2 bridgehead atoms. The van der Waals surface area contributed by atoms with Crippen LogP contribution in [-0.2, 0) is 6.42 Å². The van der Waals surface area contributed by atoms with Crippen LogP contribution in [0.15, 0.2) is 35.9 Å². The third-order valence-corrected chi connectivity index (χ3v) is 6.85. The van der Waals surface area contributed by atoms with Gasteiger partial charge in [0, 0.05) is 29.7 Å². The first-order chi connectivity index (χ1) is 11.2. The minimum absolute atomic E-state index is 0.206. The predicted molar refractivity (Wildman–Crippen MR) is 92.3 cm³/mol. The standard InChI is InChI=1S/C20H25N2O/c1-3-13-11-22(2)9-8-15-14-6-4-5-7-17(14)21-18(12-23)16(13)10-19(22)20(15)21/h3-7,16,18-19,23H,8-12H2,1-2H3/q+1/b13-3+/t16-,18-,19-,22-/m1/s1. The van der Waals surface area contributed by atoms with Crippen LogP contribution in [-0.4, -0.2) is 40.9 Å². The number of aliphatic hydroxyl groups is 1. The van der Waals surface area contributed by atoms with E-state index in [-0.39, 0.29) is 12.6 Å². The molecule has 0 unspecified atom stereocenters. The van der Waals surface area contributed by atoms with Crippen LogP contribution in [0, 0.1) is 5.92 Å². The average Bonchev–Trinajstić information content (AvgIpc) is 2.91. The number of hydrogen-bond acceptors (Lipinski definition) is 1. The van der Waals surface area contributed by atoms with E-state index in [1.807, 2.05) is 0 Å². The van der Waals surface area contributed by atoms with Crippen molar-refractivity contribution in [3.05, 3.63) is 47.2 Å². The Bertz CT molecular complexity index is 834. The fraction of sp³-hybridized carbons (Fsp3) is 0.500. The van der Waals surface area contributed by atoms with Crippen LogP contribution < -0.4 is 0 Å². The molecule has 2 aromatic rings. The largest absolute Gasteiger partial charge is 0.394 e. The van der Waals surface area contributed by atoms with Crippen LogP contribution in [0.25, 0.3) is 10.9 Å². The van der Waals surface area contributed by atoms with Crippen LogP contribution in [0.1, 0.15) is 36.7 Å². The molecule has 3 aliphatic heterocycles. The van der Waals surface area contributed by atoms with E-state index in [2.05, 4.69) is 48.9 Å². The lowest BCUT2D eigenvalue weighted by Crippen LogP contribution is -2.59. The fourth-order valence-electron chi connectivity index (χ4n) is 5.73. The normalized spacial score (nSPS) is 36.7. The molecule has 0 radical (unpaired) electrons. The van der Waals surface area contributed by atoms with Gasteiger partial charge >= 0.3 is 0 Å². The van der Waals surface area contributed by atoms with Crippen molar-refractivity contribution in [2.75, 3.05) is 26.7 Å². The lowest BCUT2D eigenvalue weighted by Gasteiger charge is -2.55. The van der Waals surface area contributed by atoms with Crippen molar-refractivity contribution in [2.24, 2.45) is 5.92 Å². The SMILES string of the molecule is C/C=C1\C[N@@+]2(C)CCc3c4n(c5ccccc35)[C@H](CO)[C@@H]1C[C@H]42. The maximum atomic E-state index is 10.2. The smallest absolute Gasteiger partial charge is 0.131 e. The quantitative estimate of drug-likeness (QED) is 0.635. The molecule has 0 amide bonds. The maximum absolute atomic E-state index is 10.2. The highest BCUT2D eigenvalue weighted by molar-refractivity contribution is 5.86. The Morgan fingerprint density at radius 3 is 2.96 bits per heavy atom. The van der Waals surface area contributed by atoms with Crippen LogP contribution in [0.4, 0.5) is 0 Å². The van der Waals surface area contributed by atoms with Crippen molar-refractivity contribution in [3.63, 3.8) is 0 Å². The van der Waals surface area contributed by atoms with E-state index in [4.69, 9.17) is 0 Å². The molecule has 5 rings (SSSR count). The summed E-state index contributed by atoms with van der Waals surface area (Å²) in [4.78, 5) is 0. The van der Waals surface area contributed by atoms with Crippen LogP contribution in [0.3, 0.4) is 0 Å². The number of para-hydroxylation sites is 1. The minimum atomic E-state index is 0.206. The van der Waals surface area contributed by atoms with Gasteiger partial charge in [0.1, 0.15) is 12.6 Å². The second kappa shape index (κ2) is 4.49. The number of benzene rings is 1. The van der Waals surface area contributed by atoms with E-state index in [1.165, 1.54) is 29.6 Å². The Hall–Kier alpha value is -1.58. The molecule has 1 fully saturated rings. The molecule has 1 aromatic carbocycles. The monoisotopic (exact) mass is 309 g/mol. The van der Waals surface area contributed by atoms with Gasteiger partial charge in [-0.25, -0.2) is 0 Å². The van der Waals surface area contributed by atoms with Crippen molar-refractivity contribution in [1.29, 1.82) is 0 Å². The molecule has 3 nitrogen and oxygen atoms in total. The first-order valence-electron chi connectivity index (χ1n) is 8.90. The number of allylic oxidation sites excluding steroid dienone is 1. The zero-order chi connectivity index (χ0) is 15.8. The summed E-state index contributed by atoms with van der Waals surface area (Å²) in [5.74, 6) is 0.496. The van der Waals surface area contributed by atoms with Crippen molar-refractivity contribution >= 4 is 10.9 Å². The maximum Gasteiger partial charge on any atom is 0.131 e. The summed E-state index contributed by atoms with van der Waals surface area (Å²) in [6.45, 7) is 4.81. The summed E-state index contributed by atoms with van der Waals surface area (Å²) in [6.07, 6.45) is 4.68. The van der Waals surface area contributed by atoms with Gasteiger partial charge in [0.05, 0.1) is 31.9 Å².